The van der Waals surface area contributed by atoms with E-state index in [0.29, 0.717) is 5.54 Å². The second-order valence-electron chi connectivity index (χ2n) is 6.98. The van der Waals surface area contributed by atoms with Crippen molar-refractivity contribution in [3.8, 4) is 0 Å². The lowest BCUT2D eigenvalue weighted by Gasteiger charge is -2.27. The average Bonchev–Trinajstić information content (AvgIpc) is 2.92. The zero-order chi connectivity index (χ0) is 14.0. The molecule has 20 heavy (non-hydrogen) atoms. The maximum Gasteiger partial charge on any atom is 0.156 e. The van der Waals surface area contributed by atoms with Gasteiger partial charge in [0.15, 0.2) is 6.29 Å². The zero-order valence-corrected chi connectivity index (χ0v) is 13.3. The van der Waals surface area contributed by atoms with Crippen LogP contribution in [0.25, 0.3) is 0 Å². The Morgan fingerprint density at radius 3 is 2.55 bits per heavy atom. The summed E-state index contributed by atoms with van der Waals surface area (Å²) < 4.78 is 10.5. The third-order valence-electron chi connectivity index (χ3n) is 6.18. The summed E-state index contributed by atoms with van der Waals surface area (Å²) in [5.74, 6) is 2.05. The van der Waals surface area contributed by atoms with Crippen molar-refractivity contribution in [3.63, 3.8) is 0 Å². The van der Waals surface area contributed by atoms with Crippen LogP contribution in [0, 0.1) is 11.8 Å². The molecule has 3 rings (SSSR count). The molecule has 0 N–H and O–H groups in total. The van der Waals surface area contributed by atoms with Crippen molar-refractivity contribution in [1.29, 1.82) is 0 Å². The summed E-state index contributed by atoms with van der Waals surface area (Å²) in [5, 5.41) is 0. The van der Waals surface area contributed by atoms with Crippen LogP contribution in [0.15, 0.2) is 0 Å². The summed E-state index contributed by atoms with van der Waals surface area (Å²) in [6.07, 6.45) is 12.4. The summed E-state index contributed by atoms with van der Waals surface area (Å²) in [6.45, 7) is 2.75. The molecule has 0 radical (unpaired) electrons. The minimum Gasteiger partial charge on any atom is -0.356 e. The molecule has 2 saturated carbocycles. The zero-order valence-electron chi connectivity index (χ0n) is 13.3. The van der Waals surface area contributed by atoms with Crippen LogP contribution in [-0.2, 0) is 9.47 Å². The van der Waals surface area contributed by atoms with E-state index in [2.05, 4.69) is 4.90 Å². The molecule has 1 aliphatic heterocycles. The van der Waals surface area contributed by atoms with Gasteiger partial charge in [-0.3, -0.25) is 4.90 Å². The van der Waals surface area contributed by atoms with Gasteiger partial charge in [-0.05, 0) is 69.9 Å². The Labute approximate surface area is 124 Å². The first-order valence-electron chi connectivity index (χ1n) is 8.63. The Kier molecular flexibility index (Phi) is 4.68. The minimum atomic E-state index is 0.00115. The van der Waals surface area contributed by atoms with Crippen LogP contribution in [0.3, 0.4) is 0 Å². The highest BCUT2D eigenvalue weighted by molar-refractivity contribution is 5.21. The molecule has 1 saturated heterocycles. The highest BCUT2D eigenvalue weighted by Gasteiger charge is 2.68. The SMILES string of the molecule is COC(CCCC[C@@H]1[C@@H]2CCC[C@@]12N1CCCC1)OC. The van der Waals surface area contributed by atoms with Gasteiger partial charge in [-0.1, -0.05) is 12.8 Å². The summed E-state index contributed by atoms with van der Waals surface area (Å²) in [6, 6.07) is 0. The maximum atomic E-state index is 5.27. The molecule has 0 aromatic carbocycles. The number of fused-ring (bicyclic) bond motifs is 1. The van der Waals surface area contributed by atoms with E-state index in [1.807, 2.05) is 0 Å². The highest BCUT2D eigenvalue weighted by atomic mass is 16.7. The summed E-state index contributed by atoms with van der Waals surface area (Å²) in [4.78, 5) is 2.86. The number of hydrogen-bond donors (Lipinski definition) is 0. The second-order valence-corrected chi connectivity index (χ2v) is 6.98. The minimum absolute atomic E-state index is 0.00115. The predicted molar refractivity (Wildman–Crippen MR) is 80.6 cm³/mol. The number of hydrogen-bond acceptors (Lipinski definition) is 3. The van der Waals surface area contributed by atoms with Crippen molar-refractivity contribution in [3.05, 3.63) is 0 Å². The molecular weight excluding hydrogens is 250 g/mol. The molecular formula is C17H31NO2. The predicted octanol–water partition coefficient (Wildman–Crippen LogP) is 3.43. The standard InChI is InChI=1S/C17H31NO2/c1-19-16(20-2)10-4-3-8-14-15-9-7-11-17(14,15)18-12-5-6-13-18/h14-16H,3-13H2,1-2H3/t14-,15+,17-/m1/s1. The van der Waals surface area contributed by atoms with E-state index >= 15 is 0 Å². The highest BCUT2D eigenvalue weighted by Crippen LogP contribution is 2.66. The van der Waals surface area contributed by atoms with E-state index in [4.69, 9.17) is 9.47 Å². The fourth-order valence-corrected chi connectivity index (χ4v) is 5.23. The van der Waals surface area contributed by atoms with Gasteiger partial charge in [-0.25, -0.2) is 0 Å². The summed E-state index contributed by atoms with van der Waals surface area (Å²) in [5.41, 5.74) is 0.665. The normalized spacial score (nSPS) is 36.8. The fourth-order valence-electron chi connectivity index (χ4n) is 5.23. The molecule has 3 atom stereocenters. The molecule has 3 fully saturated rings. The van der Waals surface area contributed by atoms with Gasteiger partial charge >= 0.3 is 0 Å². The van der Waals surface area contributed by atoms with Crippen LogP contribution in [0.2, 0.25) is 0 Å². The third-order valence-corrected chi connectivity index (χ3v) is 6.18. The fraction of sp³-hybridized carbons (Fsp3) is 1.00. The van der Waals surface area contributed by atoms with Crippen LogP contribution < -0.4 is 0 Å². The van der Waals surface area contributed by atoms with Crippen molar-refractivity contribution in [2.24, 2.45) is 11.8 Å². The van der Waals surface area contributed by atoms with Crippen molar-refractivity contribution >= 4 is 0 Å². The Balaban J connectivity index is 1.43. The molecule has 0 aromatic heterocycles. The Hall–Kier alpha value is -0.120. The lowest BCUT2D eigenvalue weighted by molar-refractivity contribution is -0.107. The van der Waals surface area contributed by atoms with Crippen LogP contribution in [-0.4, -0.2) is 44.0 Å². The molecule has 3 heteroatoms. The summed E-state index contributed by atoms with van der Waals surface area (Å²) >= 11 is 0. The Bertz CT molecular complexity index is 312. The molecule has 0 aromatic rings. The largest absolute Gasteiger partial charge is 0.356 e. The van der Waals surface area contributed by atoms with Gasteiger partial charge in [0.25, 0.3) is 0 Å². The Morgan fingerprint density at radius 2 is 1.85 bits per heavy atom. The van der Waals surface area contributed by atoms with Crippen LogP contribution >= 0.6 is 0 Å². The number of rotatable bonds is 8. The lowest BCUT2D eigenvalue weighted by atomic mass is 10.0. The molecule has 0 spiro atoms. The van der Waals surface area contributed by atoms with Gasteiger partial charge in [0.05, 0.1) is 0 Å². The van der Waals surface area contributed by atoms with Crippen molar-refractivity contribution in [2.75, 3.05) is 27.3 Å². The van der Waals surface area contributed by atoms with Gasteiger partial charge in [-0.2, -0.15) is 0 Å². The third kappa shape index (κ3) is 2.53. The van der Waals surface area contributed by atoms with Crippen molar-refractivity contribution < 1.29 is 9.47 Å². The number of ether oxygens (including phenoxy) is 2. The van der Waals surface area contributed by atoms with E-state index in [1.165, 1.54) is 64.5 Å². The first-order chi connectivity index (χ1) is 9.82. The molecule has 3 nitrogen and oxygen atoms in total. The molecule has 0 bridgehead atoms. The number of methoxy groups -OCH3 is 2. The smallest absolute Gasteiger partial charge is 0.156 e. The van der Waals surface area contributed by atoms with E-state index < -0.39 is 0 Å². The maximum absolute atomic E-state index is 5.27. The van der Waals surface area contributed by atoms with Crippen molar-refractivity contribution in [1.82, 2.24) is 4.90 Å². The second kappa shape index (κ2) is 6.33. The number of nitrogens with zero attached hydrogens (tertiary/aromatic N) is 1. The van der Waals surface area contributed by atoms with E-state index in [0.717, 1.165) is 18.3 Å². The average molecular weight is 281 g/mol. The molecule has 0 amide bonds. The molecule has 0 unspecified atom stereocenters. The Morgan fingerprint density at radius 1 is 1.10 bits per heavy atom. The monoisotopic (exact) mass is 281 g/mol. The molecule has 116 valence electrons. The van der Waals surface area contributed by atoms with Gasteiger partial charge in [0.1, 0.15) is 0 Å². The quantitative estimate of drug-likeness (QED) is 0.502. The first kappa shape index (κ1) is 14.8. The molecule has 2 aliphatic carbocycles. The molecule has 3 aliphatic rings. The molecule has 1 heterocycles. The number of unbranched alkanes of at least 4 members (excludes halogenated alkanes) is 1. The van der Waals surface area contributed by atoms with Crippen LogP contribution in [0.1, 0.15) is 57.8 Å². The topological polar surface area (TPSA) is 21.7 Å². The van der Waals surface area contributed by atoms with Gasteiger partial charge in [0, 0.05) is 19.8 Å². The first-order valence-corrected chi connectivity index (χ1v) is 8.63. The van der Waals surface area contributed by atoms with Crippen LogP contribution in [0.5, 0.6) is 0 Å². The van der Waals surface area contributed by atoms with Gasteiger partial charge in [-0.15, -0.1) is 0 Å². The summed E-state index contributed by atoms with van der Waals surface area (Å²) in [7, 11) is 3.48. The van der Waals surface area contributed by atoms with Crippen LogP contribution in [0.4, 0.5) is 0 Å². The van der Waals surface area contributed by atoms with Crippen molar-refractivity contribution in [2.45, 2.75) is 69.6 Å². The lowest BCUT2D eigenvalue weighted by Crippen LogP contribution is -2.36. The van der Waals surface area contributed by atoms with E-state index in [-0.39, 0.29) is 6.29 Å². The van der Waals surface area contributed by atoms with Gasteiger partial charge in [0.2, 0.25) is 0 Å². The number of likely N-dealkylation sites (tertiary alicyclic amines) is 1. The van der Waals surface area contributed by atoms with Gasteiger partial charge < -0.3 is 9.47 Å². The van der Waals surface area contributed by atoms with E-state index in [1.54, 1.807) is 14.2 Å². The van der Waals surface area contributed by atoms with E-state index in [9.17, 15) is 0 Å².